The molecule has 0 fully saturated rings. The summed E-state index contributed by atoms with van der Waals surface area (Å²) in [6.07, 6.45) is 1.54. The molecule has 9 heteroatoms. The molecule has 3 aromatic carbocycles. The third kappa shape index (κ3) is 3.76. The molecule has 182 valence electrons. The summed E-state index contributed by atoms with van der Waals surface area (Å²) in [5.41, 5.74) is 0.142. The minimum Gasteiger partial charge on any atom is -0.507 e. The molecule has 9 nitrogen and oxygen atoms in total. The summed E-state index contributed by atoms with van der Waals surface area (Å²) in [6.45, 7) is 3.94. The third-order valence-corrected chi connectivity index (χ3v) is 5.95. The number of phenolic OH excluding ortho intramolecular Hbond substituents is 3. The zero-order chi connectivity index (χ0) is 25.6. The van der Waals surface area contributed by atoms with Crippen molar-refractivity contribution in [3.05, 3.63) is 82.5 Å². The zero-order valence-electron chi connectivity index (χ0n) is 18.7. The summed E-state index contributed by atoms with van der Waals surface area (Å²) in [4.78, 5) is 25.5. The number of carbonyl (C=O) groups excluding carboxylic acids is 1. The molecule has 0 amide bonds. The molecular weight excluding hydrogens is 468 g/mol. The summed E-state index contributed by atoms with van der Waals surface area (Å²) in [5, 5.41) is 40.4. The van der Waals surface area contributed by atoms with Gasteiger partial charge in [-0.05, 0) is 35.9 Å². The highest BCUT2D eigenvalue weighted by molar-refractivity contribution is 5.94. The number of hydrogen-bond donors (Lipinski definition) is 4. The highest BCUT2D eigenvalue weighted by Crippen LogP contribution is 2.47. The summed E-state index contributed by atoms with van der Waals surface area (Å²) >= 11 is 0. The average molecular weight is 488 g/mol. The Morgan fingerprint density at radius 1 is 0.972 bits per heavy atom. The normalized spacial score (nSPS) is 14.8. The molecule has 0 saturated carbocycles. The molecule has 0 aliphatic carbocycles. The fourth-order valence-electron chi connectivity index (χ4n) is 4.28. The molecule has 0 bridgehead atoms. The fourth-order valence-corrected chi connectivity index (χ4v) is 4.28. The fraction of sp³-hybridized carbons (Fsp3) is 0.111. The van der Waals surface area contributed by atoms with Crippen molar-refractivity contribution in [1.29, 1.82) is 0 Å². The van der Waals surface area contributed by atoms with E-state index in [9.17, 15) is 30.0 Å². The van der Waals surface area contributed by atoms with Crippen LogP contribution in [0.3, 0.4) is 0 Å². The lowest BCUT2D eigenvalue weighted by Crippen LogP contribution is -2.22. The largest absolute Gasteiger partial charge is 0.507 e. The van der Waals surface area contributed by atoms with Crippen LogP contribution in [0.5, 0.6) is 34.5 Å². The Labute approximate surface area is 203 Å². The van der Waals surface area contributed by atoms with Crippen LogP contribution < -0.4 is 14.9 Å². The van der Waals surface area contributed by atoms with Crippen LogP contribution in [-0.4, -0.2) is 33.0 Å². The molecule has 1 atom stereocenters. The SMILES string of the molecule is C=CCOc1ccc([C@@H]2CC(=O)Oc3cc(O)c4c(=O)c(O)c(-c5ccc(O)c(O)c5)oc4c32)cc1. The number of fused-ring (bicyclic) bond motifs is 3. The maximum absolute atomic E-state index is 13.1. The molecule has 36 heavy (non-hydrogen) atoms. The highest BCUT2D eigenvalue weighted by Gasteiger charge is 2.34. The molecule has 0 radical (unpaired) electrons. The summed E-state index contributed by atoms with van der Waals surface area (Å²) in [5.74, 6) is -3.04. The van der Waals surface area contributed by atoms with E-state index in [1.54, 1.807) is 30.3 Å². The van der Waals surface area contributed by atoms with Gasteiger partial charge in [-0.1, -0.05) is 24.8 Å². The molecule has 1 aliphatic rings. The molecule has 0 unspecified atom stereocenters. The van der Waals surface area contributed by atoms with Crippen LogP contribution in [0.2, 0.25) is 0 Å². The maximum atomic E-state index is 13.1. The number of esters is 1. The summed E-state index contributed by atoms with van der Waals surface area (Å²) < 4.78 is 16.9. The van der Waals surface area contributed by atoms with Gasteiger partial charge in [-0.2, -0.15) is 0 Å². The third-order valence-electron chi connectivity index (χ3n) is 5.95. The lowest BCUT2D eigenvalue weighted by molar-refractivity contribution is -0.135. The van der Waals surface area contributed by atoms with Crippen molar-refractivity contribution in [2.45, 2.75) is 12.3 Å². The van der Waals surface area contributed by atoms with Crippen molar-refractivity contribution in [1.82, 2.24) is 0 Å². The van der Waals surface area contributed by atoms with Gasteiger partial charge in [-0.25, -0.2) is 0 Å². The van der Waals surface area contributed by atoms with Crippen molar-refractivity contribution >= 4 is 16.9 Å². The van der Waals surface area contributed by atoms with Gasteiger partial charge in [0.1, 0.15) is 34.8 Å². The van der Waals surface area contributed by atoms with Crippen LogP contribution in [0.1, 0.15) is 23.5 Å². The topological polar surface area (TPSA) is 147 Å². The second kappa shape index (κ2) is 8.70. The lowest BCUT2D eigenvalue weighted by Gasteiger charge is -2.26. The Hall–Kier alpha value is -4.92. The van der Waals surface area contributed by atoms with Crippen LogP contribution >= 0.6 is 0 Å². The van der Waals surface area contributed by atoms with Gasteiger partial charge in [0, 0.05) is 23.1 Å². The van der Waals surface area contributed by atoms with Crippen LogP contribution in [0.15, 0.2) is 70.4 Å². The van der Waals surface area contributed by atoms with E-state index in [-0.39, 0.29) is 34.5 Å². The first kappa shape index (κ1) is 22.9. The van der Waals surface area contributed by atoms with Crippen molar-refractivity contribution in [2.24, 2.45) is 0 Å². The van der Waals surface area contributed by atoms with Gasteiger partial charge in [0.25, 0.3) is 0 Å². The maximum Gasteiger partial charge on any atom is 0.312 e. The molecule has 4 N–H and O–H groups in total. The molecule has 1 aliphatic heterocycles. The monoisotopic (exact) mass is 488 g/mol. The smallest absolute Gasteiger partial charge is 0.312 e. The van der Waals surface area contributed by atoms with Crippen molar-refractivity contribution < 1.29 is 39.1 Å². The zero-order valence-corrected chi connectivity index (χ0v) is 18.7. The van der Waals surface area contributed by atoms with E-state index in [0.717, 1.165) is 12.1 Å². The van der Waals surface area contributed by atoms with Crippen LogP contribution in [0.25, 0.3) is 22.3 Å². The van der Waals surface area contributed by atoms with Gasteiger partial charge in [-0.15, -0.1) is 0 Å². The highest BCUT2D eigenvalue weighted by atomic mass is 16.5. The first-order chi connectivity index (χ1) is 17.3. The van der Waals surface area contributed by atoms with E-state index in [2.05, 4.69) is 6.58 Å². The summed E-state index contributed by atoms with van der Waals surface area (Å²) in [6, 6.07) is 11.8. The number of carbonyl (C=O) groups is 1. The first-order valence-electron chi connectivity index (χ1n) is 10.9. The van der Waals surface area contributed by atoms with Gasteiger partial charge in [-0.3, -0.25) is 9.59 Å². The van der Waals surface area contributed by atoms with Crippen molar-refractivity contribution in [3.63, 3.8) is 0 Å². The van der Waals surface area contributed by atoms with Crippen LogP contribution in [-0.2, 0) is 4.79 Å². The minimum atomic E-state index is -0.914. The van der Waals surface area contributed by atoms with Crippen LogP contribution in [0.4, 0.5) is 0 Å². The Morgan fingerprint density at radius 2 is 1.72 bits per heavy atom. The number of benzene rings is 3. The molecular formula is C27H20O9. The first-order valence-corrected chi connectivity index (χ1v) is 10.9. The second-order valence-corrected chi connectivity index (χ2v) is 8.22. The standard InChI is InChI=1S/C27H20O9/c1-2-9-34-15-6-3-13(4-7-15)16-11-21(31)35-20-12-19(30)23-24(32)25(33)26(36-27(23)22(16)20)14-5-8-17(28)18(29)10-14/h2-8,10,12,16,28-30,33H,1,9,11H2/t16-/m0/s1. The van der Waals surface area contributed by atoms with Gasteiger partial charge < -0.3 is 34.3 Å². The van der Waals surface area contributed by atoms with E-state index >= 15 is 0 Å². The predicted molar refractivity (Wildman–Crippen MR) is 129 cm³/mol. The van der Waals surface area contributed by atoms with Crippen molar-refractivity contribution in [3.8, 4) is 45.8 Å². The molecule has 4 aromatic rings. The van der Waals surface area contributed by atoms with E-state index in [1.165, 1.54) is 12.1 Å². The van der Waals surface area contributed by atoms with E-state index in [4.69, 9.17) is 13.9 Å². The number of rotatable bonds is 5. The van der Waals surface area contributed by atoms with Gasteiger partial charge in [0.05, 0.1) is 6.42 Å². The molecule has 1 aromatic heterocycles. The number of ether oxygens (including phenoxy) is 2. The molecule has 2 heterocycles. The molecule has 5 rings (SSSR count). The number of hydrogen-bond acceptors (Lipinski definition) is 9. The van der Waals surface area contributed by atoms with Crippen LogP contribution in [0, 0.1) is 0 Å². The Morgan fingerprint density at radius 3 is 2.42 bits per heavy atom. The number of aromatic hydroxyl groups is 4. The second-order valence-electron chi connectivity index (χ2n) is 8.22. The Balaban J connectivity index is 1.75. The van der Waals surface area contributed by atoms with Crippen molar-refractivity contribution in [2.75, 3.05) is 6.61 Å². The van der Waals surface area contributed by atoms with Gasteiger partial charge >= 0.3 is 5.97 Å². The molecule has 0 saturated heterocycles. The lowest BCUT2D eigenvalue weighted by atomic mass is 9.85. The summed E-state index contributed by atoms with van der Waals surface area (Å²) in [7, 11) is 0. The molecule has 0 spiro atoms. The van der Waals surface area contributed by atoms with Gasteiger partial charge in [0.15, 0.2) is 17.3 Å². The predicted octanol–water partition coefficient (Wildman–Crippen LogP) is 4.29. The Bertz CT molecular complexity index is 1580. The Kier molecular flexibility index (Phi) is 5.52. The van der Waals surface area contributed by atoms with E-state index in [0.29, 0.717) is 23.5 Å². The number of phenols is 3. The van der Waals surface area contributed by atoms with E-state index < -0.39 is 40.3 Å². The van der Waals surface area contributed by atoms with E-state index in [1.807, 2.05) is 0 Å². The quantitative estimate of drug-likeness (QED) is 0.140. The van der Waals surface area contributed by atoms with Gasteiger partial charge in [0.2, 0.25) is 11.2 Å². The minimum absolute atomic E-state index is 0.0153. The average Bonchev–Trinajstić information content (AvgIpc) is 2.86.